The highest BCUT2D eigenvalue weighted by molar-refractivity contribution is 5.93. The molecule has 2 heterocycles. The summed E-state index contributed by atoms with van der Waals surface area (Å²) in [6, 6.07) is 11.0. The van der Waals surface area contributed by atoms with E-state index in [0.717, 1.165) is 5.56 Å². The molecule has 3 aromatic rings. The van der Waals surface area contributed by atoms with E-state index in [9.17, 15) is 9.59 Å². The molecule has 1 aromatic carbocycles. The third-order valence-electron chi connectivity index (χ3n) is 3.12. The lowest BCUT2D eigenvalue weighted by molar-refractivity contribution is 0.0950. The van der Waals surface area contributed by atoms with Crippen LogP contribution in [-0.4, -0.2) is 27.0 Å². The monoisotopic (exact) mass is 282 g/mol. The number of aromatic amines is 1. The van der Waals surface area contributed by atoms with Crippen LogP contribution in [0.4, 0.5) is 0 Å². The molecule has 0 fully saturated rings. The second-order valence-electron chi connectivity index (χ2n) is 4.58. The van der Waals surface area contributed by atoms with Gasteiger partial charge >= 0.3 is 0 Å². The maximum atomic E-state index is 12.1. The van der Waals surface area contributed by atoms with Gasteiger partial charge in [-0.25, -0.2) is 4.52 Å². The third kappa shape index (κ3) is 2.43. The highest BCUT2D eigenvalue weighted by atomic mass is 16.2. The van der Waals surface area contributed by atoms with Gasteiger partial charge in [0, 0.05) is 12.6 Å². The Bertz CT molecular complexity index is 849. The molecule has 0 saturated carbocycles. The first-order valence-corrected chi connectivity index (χ1v) is 6.65. The summed E-state index contributed by atoms with van der Waals surface area (Å²) < 4.78 is 1.44. The first-order chi connectivity index (χ1) is 10.2. The standard InChI is InChI=1S/C15H14N4O2/c1-2-16-14(20)11-8-13-15(21)17-12(9-19(13)18-11)10-6-4-3-5-7-10/h3-9H,2H2,1H3,(H,16,20)(H,17,21). The van der Waals surface area contributed by atoms with E-state index in [1.165, 1.54) is 10.6 Å². The van der Waals surface area contributed by atoms with Crippen molar-refractivity contribution in [2.24, 2.45) is 0 Å². The van der Waals surface area contributed by atoms with E-state index in [1.54, 1.807) is 6.20 Å². The number of nitrogens with zero attached hydrogens (tertiary/aromatic N) is 2. The summed E-state index contributed by atoms with van der Waals surface area (Å²) in [5, 5.41) is 6.82. The van der Waals surface area contributed by atoms with Crippen molar-refractivity contribution in [3.63, 3.8) is 0 Å². The van der Waals surface area contributed by atoms with Crippen LogP contribution in [0.5, 0.6) is 0 Å². The average Bonchev–Trinajstić information content (AvgIpc) is 2.93. The van der Waals surface area contributed by atoms with Gasteiger partial charge in [0.1, 0.15) is 5.52 Å². The van der Waals surface area contributed by atoms with Crippen LogP contribution in [0.25, 0.3) is 16.8 Å². The number of hydrogen-bond acceptors (Lipinski definition) is 3. The summed E-state index contributed by atoms with van der Waals surface area (Å²) >= 11 is 0. The fraction of sp³-hybridized carbons (Fsp3) is 0.133. The molecule has 106 valence electrons. The Morgan fingerprint density at radius 3 is 2.81 bits per heavy atom. The first kappa shape index (κ1) is 13.1. The Morgan fingerprint density at radius 1 is 1.33 bits per heavy atom. The van der Waals surface area contributed by atoms with Gasteiger partial charge in [-0.1, -0.05) is 30.3 Å². The zero-order valence-electron chi connectivity index (χ0n) is 11.5. The summed E-state index contributed by atoms with van der Waals surface area (Å²) in [5.74, 6) is -0.290. The molecule has 0 aliphatic carbocycles. The fourth-order valence-electron chi connectivity index (χ4n) is 2.13. The van der Waals surface area contributed by atoms with E-state index in [2.05, 4.69) is 15.4 Å². The van der Waals surface area contributed by atoms with E-state index in [1.807, 2.05) is 37.3 Å². The van der Waals surface area contributed by atoms with Gasteiger partial charge in [0.2, 0.25) is 0 Å². The van der Waals surface area contributed by atoms with Gasteiger partial charge in [-0.15, -0.1) is 0 Å². The SMILES string of the molecule is CCNC(=O)c1cc2c(=O)[nH]c(-c3ccccc3)cn2n1. The largest absolute Gasteiger partial charge is 0.351 e. The minimum atomic E-state index is -0.290. The normalized spacial score (nSPS) is 10.7. The third-order valence-corrected chi connectivity index (χ3v) is 3.12. The molecule has 6 heteroatoms. The summed E-state index contributed by atoms with van der Waals surface area (Å²) in [4.78, 5) is 26.7. The molecule has 0 spiro atoms. The van der Waals surface area contributed by atoms with E-state index >= 15 is 0 Å². The number of benzene rings is 1. The van der Waals surface area contributed by atoms with Crippen molar-refractivity contribution in [3.8, 4) is 11.3 Å². The first-order valence-electron chi connectivity index (χ1n) is 6.65. The van der Waals surface area contributed by atoms with Crippen molar-refractivity contribution in [2.45, 2.75) is 6.92 Å². The van der Waals surface area contributed by atoms with Crippen molar-refractivity contribution in [1.29, 1.82) is 0 Å². The minimum absolute atomic E-state index is 0.229. The van der Waals surface area contributed by atoms with Gasteiger partial charge in [0.25, 0.3) is 11.5 Å². The Hall–Kier alpha value is -2.89. The second kappa shape index (κ2) is 5.24. The molecule has 2 aromatic heterocycles. The Kier molecular flexibility index (Phi) is 3.27. The zero-order chi connectivity index (χ0) is 14.8. The predicted octanol–water partition coefficient (Wildman–Crippen LogP) is 1.44. The molecular weight excluding hydrogens is 268 g/mol. The van der Waals surface area contributed by atoms with Gasteiger partial charge in [0.05, 0.1) is 11.9 Å². The molecule has 6 nitrogen and oxygen atoms in total. The molecule has 0 unspecified atom stereocenters. The Balaban J connectivity index is 2.12. The molecule has 0 aliphatic heterocycles. The minimum Gasteiger partial charge on any atom is -0.351 e. The zero-order valence-corrected chi connectivity index (χ0v) is 11.5. The highest BCUT2D eigenvalue weighted by Gasteiger charge is 2.12. The van der Waals surface area contributed by atoms with Crippen LogP contribution in [0, 0.1) is 0 Å². The summed E-state index contributed by atoms with van der Waals surface area (Å²) in [6.07, 6.45) is 1.70. The van der Waals surface area contributed by atoms with Crippen molar-refractivity contribution in [3.05, 3.63) is 58.6 Å². The number of amides is 1. The van der Waals surface area contributed by atoms with Crippen LogP contribution in [-0.2, 0) is 0 Å². The predicted molar refractivity (Wildman–Crippen MR) is 79.3 cm³/mol. The lowest BCUT2D eigenvalue weighted by Crippen LogP contribution is -2.23. The van der Waals surface area contributed by atoms with Crippen molar-refractivity contribution < 1.29 is 4.79 Å². The van der Waals surface area contributed by atoms with Crippen molar-refractivity contribution in [1.82, 2.24) is 19.9 Å². The highest BCUT2D eigenvalue weighted by Crippen LogP contribution is 2.15. The van der Waals surface area contributed by atoms with Crippen LogP contribution in [0.15, 0.2) is 47.4 Å². The Morgan fingerprint density at radius 2 is 2.10 bits per heavy atom. The number of aromatic nitrogens is 3. The fourth-order valence-corrected chi connectivity index (χ4v) is 2.13. The van der Waals surface area contributed by atoms with Gasteiger partial charge in [-0.3, -0.25) is 9.59 Å². The van der Waals surface area contributed by atoms with Crippen molar-refractivity contribution in [2.75, 3.05) is 6.54 Å². The van der Waals surface area contributed by atoms with Crippen LogP contribution < -0.4 is 10.9 Å². The molecule has 1 amide bonds. The number of carbonyl (C=O) groups excluding carboxylic acids is 1. The molecule has 0 bridgehead atoms. The molecule has 0 saturated heterocycles. The van der Waals surface area contributed by atoms with E-state index in [0.29, 0.717) is 17.8 Å². The van der Waals surface area contributed by atoms with Gasteiger partial charge in [-0.05, 0) is 12.5 Å². The lowest BCUT2D eigenvalue weighted by atomic mass is 10.2. The van der Waals surface area contributed by atoms with E-state index < -0.39 is 0 Å². The maximum Gasteiger partial charge on any atom is 0.274 e. The van der Waals surface area contributed by atoms with Crippen LogP contribution in [0.1, 0.15) is 17.4 Å². The summed E-state index contributed by atoms with van der Waals surface area (Å²) in [7, 11) is 0. The number of rotatable bonds is 3. The molecule has 0 aliphatic rings. The quantitative estimate of drug-likeness (QED) is 0.763. The average molecular weight is 282 g/mol. The second-order valence-corrected chi connectivity index (χ2v) is 4.58. The number of nitrogens with one attached hydrogen (secondary N) is 2. The lowest BCUT2D eigenvalue weighted by Gasteiger charge is -2.01. The molecule has 3 rings (SSSR count). The van der Waals surface area contributed by atoms with Crippen molar-refractivity contribution >= 4 is 11.4 Å². The van der Waals surface area contributed by atoms with E-state index in [-0.39, 0.29) is 17.2 Å². The number of fused-ring (bicyclic) bond motifs is 1. The Labute approximate surface area is 120 Å². The van der Waals surface area contributed by atoms with E-state index in [4.69, 9.17) is 0 Å². The topological polar surface area (TPSA) is 79.3 Å². The number of carbonyl (C=O) groups is 1. The molecule has 0 radical (unpaired) electrons. The number of H-pyrrole nitrogens is 1. The van der Waals surface area contributed by atoms with Crippen LogP contribution >= 0.6 is 0 Å². The maximum absolute atomic E-state index is 12.1. The molecule has 0 atom stereocenters. The van der Waals surface area contributed by atoms with Crippen LogP contribution in [0.2, 0.25) is 0 Å². The number of hydrogen-bond donors (Lipinski definition) is 2. The molecule has 21 heavy (non-hydrogen) atoms. The molecular formula is C15H14N4O2. The van der Waals surface area contributed by atoms with Crippen LogP contribution in [0.3, 0.4) is 0 Å². The summed E-state index contributed by atoms with van der Waals surface area (Å²) in [5.41, 5.74) is 1.83. The van der Waals surface area contributed by atoms with Gasteiger partial charge in [0.15, 0.2) is 5.69 Å². The smallest absolute Gasteiger partial charge is 0.274 e. The summed E-state index contributed by atoms with van der Waals surface area (Å²) in [6.45, 7) is 2.34. The molecule has 2 N–H and O–H groups in total. The van der Waals surface area contributed by atoms with Gasteiger partial charge in [-0.2, -0.15) is 5.10 Å². The van der Waals surface area contributed by atoms with Gasteiger partial charge < -0.3 is 10.3 Å².